The van der Waals surface area contributed by atoms with Crippen LogP contribution in [0, 0.1) is 0 Å². The van der Waals surface area contributed by atoms with Gasteiger partial charge in [0.15, 0.2) is 0 Å². The van der Waals surface area contributed by atoms with Gasteiger partial charge in [-0.1, -0.05) is 19.1 Å². The molecule has 0 bridgehead atoms. The van der Waals surface area contributed by atoms with E-state index in [4.69, 9.17) is 0 Å². The molecule has 0 rings (SSSR count). The summed E-state index contributed by atoms with van der Waals surface area (Å²) in [5.74, 6) is 0. The van der Waals surface area contributed by atoms with Crippen LogP contribution in [0.5, 0.6) is 0 Å². The number of hydrogen-bond acceptors (Lipinski definition) is 0. The molecule has 0 heterocycles. The Morgan fingerprint density at radius 3 is 2.43 bits per heavy atom. The second kappa shape index (κ2) is 3.88. The van der Waals surface area contributed by atoms with Crippen molar-refractivity contribution >= 4 is 0 Å². The molecule has 0 saturated heterocycles. The molecule has 0 spiro atoms. The Labute approximate surface area is 45.4 Å². The summed E-state index contributed by atoms with van der Waals surface area (Å²) in [4.78, 5) is 0. The maximum absolute atomic E-state index is 4.07. The number of nitrogens with zero attached hydrogens (tertiary/aromatic N) is 1. The first kappa shape index (κ1) is 6.70. The van der Waals surface area contributed by atoms with Gasteiger partial charge in [-0.2, -0.15) is 0 Å². The summed E-state index contributed by atoms with van der Waals surface area (Å²) >= 11 is 0. The van der Waals surface area contributed by atoms with E-state index >= 15 is 0 Å². The molecule has 0 aliphatic heterocycles. The lowest BCUT2D eigenvalue weighted by molar-refractivity contribution is 0.760. The molecule has 0 aromatic rings. The average molecular weight is 98.2 g/mol. The summed E-state index contributed by atoms with van der Waals surface area (Å²) in [7, 11) is 0. The molecule has 1 heteroatoms. The van der Waals surface area contributed by atoms with Crippen molar-refractivity contribution in [3.05, 3.63) is 12.2 Å². The molecule has 0 aliphatic carbocycles. The zero-order valence-electron chi connectivity index (χ0n) is 5.07. The Morgan fingerprint density at radius 1 is 1.71 bits per heavy atom. The maximum Gasteiger partial charge on any atom is 0.0338 e. The summed E-state index contributed by atoms with van der Waals surface area (Å²) < 4.78 is 0. The number of rotatable bonds is 3. The zero-order chi connectivity index (χ0) is 5.70. The fraction of sp³-hybridized carbons (Fsp3) is 0.667. The third-order valence-corrected chi connectivity index (χ3v) is 0.605. The van der Waals surface area contributed by atoms with Crippen LogP contribution in [0.2, 0.25) is 0 Å². The fourth-order valence-electron chi connectivity index (χ4n) is 0.303. The van der Waals surface area contributed by atoms with Crippen LogP contribution in [0.3, 0.4) is 0 Å². The molecule has 41 valence electrons. The molecule has 0 aromatic heterocycles. The summed E-state index contributed by atoms with van der Waals surface area (Å²) in [6, 6.07) is 0. The van der Waals surface area contributed by atoms with Crippen LogP contribution < -0.4 is 5.32 Å². The Kier molecular flexibility index (Phi) is 3.71. The molecule has 0 fully saturated rings. The van der Waals surface area contributed by atoms with Gasteiger partial charge in [-0.25, -0.2) is 5.32 Å². The van der Waals surface area contributed by atoms with E-state index in [1.165, 1.54) is 0 Å². The summed E-state index contributed by atoms with van der Waals surface area (Å²) in [6.45, 7) is 9.45. The van der Waals surface area contributed by atoms with E-state index in [0.29, 0.717) is 0 Å². The van der Waals surface area contributed by atoms with Crippen molar-refractivity contribution in [1.29, 1.82) is 0 Å². The second-order valence-corrected chi connectivity index (χ2v) is 1.66. The highest BCUT2D eigenvalue weighted by molar-refractivity contribution is 4.89. The van der Waals surface area contributed by atoms with E-state index in [0.717, 1.165) is 18.7 Å². The standard InChI is InChI=1S/C6H12N/c1-4-7-5-6(2)3/h2,4-5H2,1,3H3. The molecule has 0 amide bonds. The smallest absolute Gasteiger partial charge is 0.0338 e. The van der Waals surface area contributed by atoms with Crippen LogP contribution in [0.4, 0.5) is 0 Å². The number of likely N-dealkylation sites (N-methyl/N-ethyl adjacent to an activating group) is 1. The highest BCUT2D eigenvalue weighted by Gasteiger charge is 1.80. The van der Waals surface area contributed by atoms with Crippen LogP contribution in [-0.2, 0) is 0 Å². The van der Waals surface area contributed by atoms with Crippen LogP contribution in [0.15, 0.2) is 12.2 Å². The quantitative estimate of drug-likeness (QED) is 0.471. The van der Waals surface area contributed by atoms with Crippen LogP contribution in [0.25, 0.3) is 0 Å². The molecule has 7 heavy (non-hydrogen) atoms. The van der Waals surface area contributed by atoms with Crippen molar-refractivity contribution < 1.29 is 0 Å². The third-order valence-electron chi connectivity index (χ3n) is 0.605. The molecule has 1 radical (unpaired) electrons. The SMILES string of the molecule is C=C(C)C[N]CC. The first-order valence-electron chi connectivity index (χ1n) is 2.55. The van der Waals surface area contributed by atoms with E-state index in [-0.39, 0.29) is 0 Å². The topological polar surface area (TPSA) is 14.1 Å². The van der Waals surface area contributed by atoms with Crippen molar-refractivity contribution in [2.24, 2.45) is 0 Å². The first-order valence-corrected chi connectivity index (χ1v) is 2.55. The van der Waals surface area contributed by atoms with Crippen molar-refractivity contribution in [3.63, 3.8) is 0 Å². The fourth-order valence-corrected chi connectivity index (χ4v) is 0.303. The highest BCUT2D eigenvalue weighted by Crippen LogP contribution is 1.80. The summed E-state index contributed by atoms with van der Waals surface area (Å²) in [5.41, 5.74) is 1.14. The van der Waals surface area contributed by atoms with Gasteiger partial charge in [0.1, 0.15) is 0 Å². The van der Waals surface area contributed by atoms with E-state index in [1.54, 1.807) is 0 Å². The molecule has 0 aliphatic rings. The van der Waals surface area contributed by atoms with Gasteiger partial charge in [0.25, 0.3) is 0 Å². The molecule has 0 saturated carbocycles. The lowest BCUT2D eigenvalue weighted by Gasteiger charge is -1.93. The lowest BCUT2D eigenvalue weighted by Crippen LogP contribution is -2.05. The van der Waals surface area contributed by atoms with Crippen molar-refractivity contribution in [1.82, 2.24) is 5.32 Å². The van der Waals surface area contributed by atoms with Gasteiger partial charge in [-0.05, 0) is 6.92 Å². The molecule has 1 nitrogen and oxygen atoms in total. The van der Waals surface area contributed by atoms with Gasteiger partial charge in [-0.15, -0.1) is 0 Å². The minimum Gasteiger partial charge on any atom is -0.238 e. The van der Waals surface area contributed by atoms with Gasteiger partial charge in [-0.3, -0.25) is 0 Å². The largest absolute Gasteiger partial charge is 0.238 e. The molecular weight excluding hydrogens is 86.1 g/mol. The second-order valence-electron chi connectivity index (χ2n) is 1.66. The first-order chi connectivity index (χ1) is 3.27. The maximum atomic E-state index is 4.07. The van der Waals surface area contributed by atoms with E-state index in [2.05, 4.69) is 11.9 Å². The normalized spacial score (nSPS) is 8.86. The summed E-state index contributed by atoms with van der Waals surface area (Å²) in [5, 5.41) is 4.07. The van der Waals surface area contributed by atoms with Gasteiger partial charge < -0.3 is 0 Å². The summed E-state index contributed by atoms with van der Waals surface area (Å²) in [6.07, 6.45) is 0. The molecule has 0 atom stereocenters. The van der Waals surface area contributed by atoms with Crippen LogP contribution in [0.1, 0.15) is 13.8 Å². The van der Waals surface area contributed by atoms with Gasteiger partial charge in [0.2, 0.25) is 0 Å². The van der Waals surface area contributed by atoms with Crippen LogP contribution in [-0.4, -0.2) is 13.1 Å². The Hall–Kier alpha value is -0.300. The predicted octanol–water partition coefficient (Wildman–Crippen LogP) is 1.19. The van der Waals surface area contributed by atoms with Crippen molar-refractivity contribution in [2.75, 3.05) is 13.1 Å². The van der Waals surface area contributed by atoms with Crippen LogP contribution >= 0.6 is 0 Å². The molecule has 0 unspecified atom stereocenters. The van der Waals surface area contributed by atoms with Gasteiger partial charge in [0, 0.05) is 13.1 Å². The zero-order valence-corrected chi connectivity index (χ0v) is 5.07. The average Bonchev–Trinajstić information content (AvgIpc) is 1.61. The van der Waals surface area contributed by atoms with E-state index in [1.807, 2.05) is 13.8 Å². The van der Waals surface area contributed by atoms with Crippen molar-refractivity contribution in [3.8, 4) is 0 Å². The predicted molar refractivity (Wildman–Crippen MR) is 32.4 cm³/mol. The molecule has 0 N–H and O–H groups in total. The van der Waals surface area contributed by atoms with Gasteiger partial charge >= 0.3 is 0 Å². The number of hydrogen-bond donors (Lipinski definition) is 0. The van der Waals surface area contributed by atoms with E-state index in [9.17, 15) is 0 Å². The Balaban J connectivity index is 2.82. The van der Waals surface area contributed by atoms with Gasteiger partial charge in [0.05, 0.1) is 0 Å². The monoisotopic (exact) mass is 98.1 g/mol. The Bertz CT molecular complexity index is 57.2. The van der Waals surface area contributed by atoms with Crippen molar-refractivity contribution in [2.45, 2.75) is 13.8 Å². The Morgan fingerprint density at radius 2 is 2.29 bits per heavy atom. The minimum atomic E-state index is 0.830. The molecule has 0 aromatic carbocycles. The molecular formula is C6H12N. The highest BCUT2D eigenvalue weighted by atomic mass is 14.8. The lowest BCUT2D eigenvalue weighted by atomic mass is 10.3. The minimum absolute atomic E-state index is 0.830. The third kappa shape index (κ3) is 5.70. The van der Waals surface area contributed by atoms with E-state index < -0.39 is 0 Å².